The van der Waals surface area contributed by atoms with Crippen LogP contribution in [0.1, 0.15) is 0 Å². The lowest BCUT2D eigenvalue weighted by atomic mass is 10.0. The number of hydrogen-bond donors (Lipinski definition) is 0. The molecule has 0 N–H and O–H groups in total. The molecule has 0 aliphatic carbocycles. The minimum atomic E-state index is 0.661. The molecule has 15 aromatic rings. The molecule has 442 valence electrons. The van der Waals surface area contributed by atoms with Gasteiger partial charge in [-0.05, 0) is 83.4 Å². The molecule has 0 atom stereocenters. The smallest absolute Gasteiger partial charge is 0.164 e. The van der Waals surface area contributed by atoms with Gasteiger partial charge in [-0.3, -0.25) is 4.98 Å². The highest BCUT2D eigenvalue weighted by atomic mass is 79.9. The highest BCUT2D eigenvalue weighted by molar-refractivity contribution is 9.11. The van der Waals surface area contributed by atoms with E-state index in [0.717, 1.165) is 108 Å². The molecule has 15 rings (SSSR count). The fraction of sp³-hybridized carbons (Fsp3) is 0. The Hall–Kier alpha value is -10.1. The molecular weight excluding hydrogens is 1390 g/mol. The summed E-state index contributed by atoms with van der Waals surface area (Å²) in [6, 6.07) is 106. The molecule has 12 heteroatoms. The van der Waals surface area contributed by atoms with Crippen molar-refractivity contribution in [2.45, 2.75) is 0 Å². The average Bonchev–Trinajstić information content (AvgIpc) is 1.13. The van der Waals surface area contributed by atoms with Crippen molar-refractivity contribution in [2.75, 3.05) is 0 Å². The van der Waals surface area contributed by atoms with Crippen molar-refractivity contribution in [1.29, 1.82) is 0 Å². The van der Waals surface area contributed by atoms with Gasteiger partial charge in [-0.2, -0.15) is 0 Å². The van der Waals surface area contributed by atoms with Crippen LogP contribution in [0.5, 0.6) is 0 Å². The van der Waals surface area contributed by atoms with E-state index in [9.17, 15) is 0 Å². The van der Waals surface area contributed by atoms with Gasteiger partial charge in [-0.1, -0.05) is 312 Å². The summed E-state index contributed by atoms with van der Waals surface area (Å²) in [7, 11) is 0. The summed E-state index contributed by atoms with van der Waals surface area (Å²) in [4.78, 5) is 37.6. The van der Waals surface area contributed by atoms with Gasteiger partial charge in [-0.15, -0.1) is 0 Å². The van der Waals surface area contributed by atoms with E-state index in [-0.39, 0.29) is 0 Å². The van der Waals surface area contributed by atoms with Gasteiger partial charge in [0.1, 0.15) is 0 Å². The molecule has 4 aromatic heterocycles. The number of nitrogens with zero attached hydrogens (tertiary/aromatic N) is 8. The largest absolute Gasteiger partial charge is 0.256 e. The predicted octanol–water partition coefficient (Wildman–Crippen LogP) is 22.8. The lowest BCUT2D eigenvalue weighted by Gasteiger charge is -2.11. The zero-order chi connectivity index (χ0) is 62.9. The molecule has 0 aliphatic heterocycles. The second-order valence-corrected chi connectivity index (χ2v) is 24.5. The lowest BCUT2D eigenvalue weighted by Crippen LogP contribution is -2.00. The maximum Gasteiger partial charge on any atom is 0.164 e. The van der Waals surface area contributed by atoms with E-state index >= 15 is 0 Å². The summed E-state index contributed by atoms with van der Waals surface area (Å²) in [5.74, 6) is 3.46. The van der Waals surface area contributed by atoms with Gasteiger partial charge in [-0.25, -0.2) is 34.9 Å². The molecule has 0 unspecified atom stereocenters. The quantitative estimate of drug-likeness (QED) is 0.133. The van der Waals surface area contributed by atoms with Gasteiger partial charge >= 0.3 is 0 Å². The zero-order valence-electron chi connectivity index (χ0n) is 49.3. The molecule has 0 aliphatic rings. The minimum absolute atomic E-state index is 0.661. The molecule has 0 amide bonds. The Kier molecular flexibility index (Phi) is 20.7. The van der Waals surface area contributed by atoms with Crippen LogP contribution >= 0.6 is 63.7 Å². The monoisotopic (exact) mass is 1440 g/mol. The van der Waals surface area contributed by atoms with E-state index in [1.807, 2.05) is 243 Å². The highest BCUT2D eigenvalue weighted by Crippen LogP contribution is 2.35. The van der Waals surface area contributed by atoms with E-state index in [2.05, 4.69) is 164 Å². The Morgan fingerprint density at radius 1 is 0.217 bits per heavy atom. The Morgan fingerprint density at radius 2 is 0.598 bits per heavy atom. The second-order valence-electron chi connectivity index (χ2n) is 20.8. The molecule has 4 heterocycles. The van der Waals surface area contributed by atoms with Gasteiger partial charge in [0.25, 0.3) is 0 Å². The standard InChI is InChI=1S/2C22H15BrN2.C21H14BrN3.C15H10BrN/c23-19-13-7-12-18(14-19)20-15-24-22(17-10-5-2-6-11-17)25-21(20)16-8-3-1-4-9-16;23-19-13-7-12-18(14-19)22-24-20(16-8-3-1-4-9-16)15-21(25-22)17-10-5-2-6-11-17;22-18-13-7-12-17(14-18)21-24-19(15-8-3-1-4-9-15)23-20(25-21)16-10-5-2-6-11-16;16-12-7-5-11(6-8-12)13-9-10-17-15-4-2-1-3-14(13)15/h2*1-15H;1-14H;1-10H. The van der Waals surface area contributed by atoms with Crippen LogP contribution in [-0.2, 0) is 0 Å². The van der Waals surface area contributed by atoms with E-state index in [4.69, 9.17) is 24.9 Å². The van der Waals surface area contributed by atoms with E-state index in [1.54, 1.807) is 0 Å². The third kappa shape index (κ3) is 16.1. The summed E-state index contributed by atoms with van der Waals surface area (Å²) in [5, 5.41) is 1.19. The molecule has 8 nitrogen and oxygen atoms in total. The number of halogens is 4. The number of pyridine rings is 1. The summed E-state index contributed by atoms with van der Waals surface area (Å²) < 4.78 is 4.14. The molecule has 0 radical (unpaired) electrons. The summed E-state index contributed by atoms with van der Waals surface area (Å²) >= 11 is 14.1. The van der Waals surface area contributed by atoms with Crippen molar-refractivity contribution >= 4 is 74.6 Å². The van der Waals surface area contributed by atoms with Crippen LogP contribution in [0.4, 0.5) is 0 Å². The van der Waals surface area contributed by atoms with Crippen LogP contribution in [0, 0.1) is 0 Å². The third-order valence-corrected chi connectivity index (χ3v) is 16.5. The molecule has 0 saturated heterocycles. The van der Waals surface area contributed by atoms with Crippen molar-refractivity contribution < 1.29 is 0 Å². The second kappa shape index (κ2) is 30.6. The lowest BCUT2D eigenvalue weighted by molar-refractivity contribution is 1.07. The summed E-state index contributed by atoms with van der Waals surface area (Å²) in [6.45, 7) is 0. The van der Waals surface area contributed by atoms with Crippen molar-refractivity contribution in [3.63, 3.8) is 0 Å². The summed E-state index contributed by atoms with van der Waals surface area (Å²) in [5.41, 5.74) is 16.5. The van der Waals surface area contributed by atoms with Gasteiger partial charge in [0.15, 0.2) is 29.1 Å². The zero-order valence-corrected chi connectivity index (χ0v) is 55.6. The van der Waals surface area contributed by atoms with Crippen molar-refractivity contribution in [1.82, 2.24) is 39.9 Å². The number of aromatic nitrogens is 8. The van der Waals surface area contributed by atoms with E-state index in [1.165, 1.54) is 16.5 Å². The molecule has 0 spiro atoms. The Morgan fingerprint density at radius 3 is 1.08 bits per heavy atom. The molecule has 0 bridgehead atoms. The molecule has 11 aromatic carbocycles. The van der Waals surface area contributed by atoms with Crippen LogP contribution < -0.4 is 0 Å². The van der Waals surface area contributed by atoms with Crippen molar-refractivity contribution in [3.05, 3.63) is 346 Å². The van der Waals surface area contributed by atoms with Gasteiger partial charge in [0, 0.05) is 85.7 Å². The maximum atomic E-state index is 4.89. The van der Waals surface area contributed by atoms with Gasteiger partial charge in [0.05, 0.1) is 22.6 Å². The third-order valence-electron chi connectivity index (χ3n) is 14.5. The first-order valence-corrected chi connectivity index (χ1v) is 32.6. The fourth-order valence-corrected chi connectivity index (χ4v) is 11.5. The number of fused-ring (bicyclic) bond motifs is 1. The van der Waals surface area contributed by atoms with Crippen LogP contribution in [0.2, 0.25) is 0 Å². The Balaban J connectivity index is 0.000000119. The number of para-hydroxylation sites is 1. The molecule has 0 fully saturated rings. The summed E-state index contributed by atoms with van der Waals surface area (Å²) in [6.07, 6.45) is 3.78. The normalized spacial score (nSPS) is 10.6. The first-order valence-electron chi connectivity index (χ1n) is 29.5. The molecule has 92 heavy (non-hydrogen) atoms. The highest BCUT2D eigenvalue weighted by Gasteiger charge is 2.16. The van der Waals surface area contributed by atoms with Crippen LogP contribution in [0.15, 0.2) is 346 Å². The van der Waals surface area contributed by atoms with Crippen LogP contribution in [0.3, 0.4) is 0 Å². The molecule has 0 saturated carbocycles. The van der Waals surface area contributed by atoms with Gasteiger partial charge in [0.2, 0.25) is 0 Å². The number of rotatable bonds is 10. The number of benzene rings is 11. The van der Waals surface area contributed by atoms with Crippen LogP contribution in [0.25, 0.3) is 124 Å². The fourth-order valence-electron chi connectivity index (χ4n) is 10.1. The predicted molar refractivity (Wildman–Crippen MR) is 391 cm³/mol. The Labute approximate surface area is 568 Å². The average molecular weight is 1450 g/mol. The van der Waals surface area contributed by atoms with Crippen LogP contribution in [-0.4, -0.2) is 39.9 Å². The number of hydrogen-bond acceptors (Lipinski definition) is 8. The first kappa shape index (κ1) is 62.1. The van der Waals surface area contributed by atoms with Crippen molar-refractivity contribution in [2.24, 2.45) is 0 Å². The van der Waals surface area contributed by atoms with E-state index < -0.39 is 0 Å². The Bertz CT molecular complexity index is 4610. The maximum absolute atomic E-state index is 4.89. The SMILES string of the molecule is Brc1ccc(-c2ccnc3ccccc23)cc1.Brc1cccc(-c2cnc(-c3ccccc3)nc2-c2ccccc2)c1.Brc1cccc(-c2nc(-c3ccccc3)cc(-c3ccccc3)n2)c1.Brc1cccc(-c2nc(-c3ccccc3)nc(-c3ccccc3)n2)c1. The topological polar surface area (TPSA) is 103 Å². The van der Waals surface area contributed by atoms with Gasteiger partial charge < -0.3 is 0 Å². The van der Waals surface area contributed by atoms with Crippen molar-refractivity contribution in [3.8, 4) is 113 Å². The first-order chi connectivity index (χ1) is 45.2. The minimum Gasteiger partial charge on any atom is -0.256 e. The van der Waals surface area contributed by atoms with E-state index in [0.29, 0.717) is 17.5 Å². The molecular formula is C80H54Br4N8.